The molecular formula is C48H63BF6N6O7. The van der Waals surface area contributed by atoms with Crippen LogP contribution in [0.1, 0.15) is 54.9 Å². The molecule has 2 aliphatic heterocycles. The van der Waals surface area contributed by atoms with Gasteiger partial charge in [0.05, 0.1) is 26.4 Å². The van der Waals surface area contributed by atoms with Crippen LogP contribution in [0.5, 0.6) is 0 Å². The van der Waals surface area contributed by atoms with Gasteiger partial charge in [0, 0.05) is 51.4 Å². The number of alkyl halides is 6. The number of nitrogens with one attached hydrogen (secondary N) is 2. The molecule has 3 aromatic carbocycles. The van der Waals surface area contributed by atoms with Crippen molar-refractivity contribution in [3.8, 4) is 0 Å². The summed E-state index contributed by atoms with van der Waals surface area (Å²) in [6.45, 7) is 2.07. The number of hydrogen-bond acceptors (Lipinski definition) is 9. The number of likely N-dealkylation sites (tertiary alicyclic amines) is 2. The molecule has 0 saturated carbocycles. The van der Waals surface area contributed by atoms with E-state index in [0.717, 1.165) is 39.2 Å². The molecule has 0 aliphatic carbocycles. The van der Waals surface area contributed by atoms with Crippen molar-refractivity contribution in [2.24, 2.45) is 0 Å². The van der Waals surface area contributed by atoms with E-state index in [1.807, 2.05) is 31.2 Å². The van der Waals surface area contributed by atoms with Crippen molar-refractivity contribution >= 4 is 30.8 Å². The molecule has 0 spiro atoms. The summed E-state index contributed by atoms with van der Waals surface area (Å²) in [5, 5.41) is 5.91. The second-order valence-electron chi connectivity index (χ2n) is 16.7. The van der Waals surface area contributed by atoms with Gasteiger partial charge < -0.3 is 39.7 Å². The van der Waals surface area contributed by atoms with Crippen LogP contribution in [0.4, 0.5) is 26.3 Å². The Bertz CT molecular complexity index is 1880. The molecule has 0 bridgehead atoms. The number of benzene rings is 3. The third kappa shape index (κ3) is 17.4. The molecule has 2 fully saturated rings. The summed E-state index contributed by atoms with van der Waals surface area (Å²) >= 11 is 0. The zero-order chi connectivity index (χ0) is 49.7. The molecule has 4 atom stereocenters. The fraction of sp³-hybridized carbons (Fsp3) is 0.542. The summed E-state index contributed by atoms with van der Waals surface area (Å²) in [4.78, 5) is 56.8. The van der Waals surface area contributed by atoms with E-state index in [-0.39, 0.29) is 77.3 Å². The Morgan fingerprint density at radius 2 is 0.985 bits per heavy atom. The molecule has 2 saturated heterocycles. The first-order valence-corrected chi connectivity index (χ1v) is 22.9. The number of carbonyl (C=O) groups excluding carboxylic acids is 4. The van der Waals surface area contributed by atoms with Crippen molar-refractivity contribution in [3.05, 3.63) is 107 Å². The average Bonchev–Trinajstić information content (AvgIpc) is 4.01. The molecule has 4 amide bonds. The number of amides is 4. The van der Waals surface area contributed by atoms with Gasteiger partial charge in [-0.15, -0.1) is 0 Å². The number of ether oxygens (including phenoxy) is 2. The van der Waals surface area contributed by atoms with Crippen LogP contribution in [0.3, 0.4) is 0 Å². The average molecular weight is 961 g/mol. The van der Waals surface area contributed by atoms with E-state index in [0.29, 0.717) is 45.1 Å². The summed E-state index contributed by atoms with van der Waals surface area (Å²) in [6.07, 6.45) is -6.86. The van der Waals surface area contributed by atoms with Crippen molar-refractivity contribution in [3.63, 3.8) is 0 Å². The van der Waals surface area contributed by atoms with E-state index < -0.39 is 48.3 Å². The topological polar surface area (TPSA) is 141 Å². The fourth-order valence-electron chi connectivity index (χ4n) is 8.15. The number of halogens is 6. The summed E-state index contributed by atoms with van der Waals surface area (Å²) in [5.74, 6) is -4.50. The largest absolute Gasteiger partial charge is 0.471 e. The van der Waals surface area contributed by atoms with Gasteiger partial charge in [0.2, 0.25) is 11.8 Å². The number of carbonyl (C=O) groups is 4. The summed E-state index contributed by atoms with van der Waals surface area (Å²) in [5.41, 5.74) is 3.20. The molecule has 3 aromatic rings. The standard InChI is InChI=1S/C46H58F6N6O6.C2H5BO/c1-53-39(41(59)57-23-9-15-37(57)27-55(43(61)45(47,48)49)25-21-33-11-5-3-6-12-33)31-63-29-35-17-19-36(20-18-35)30-64-32-40(54-2)42(60)58-24-10-16-38(58)28-56(44(62)46(50,51)52)26-22-34-13-7-4-8-14-34;1-2-3-4/h3-8,11-14,17-20,37-40,53-54H,9-10,15-16,21-32H2,1-2H3;2H2,1H3/t37-,38-,39-,40-;/m0./s1. The van der Waals surface area contributed by atoms with E-state index in [2.05, 4.69) is 10.6 Å². The first-order chi connectivity index (χ1) is 32.5. The Morgan fingerprint density at radius 1 is 0.632 bits per heavy atom. The normalized spacial score (nSPS) is 16.9. The monoisotopic (exact) mass is 960 g/mol. The summed E-state index contributed by atoms with van der Waals surface area (Å²) < 4.78 is 103. The van der Waals surface area contributed by atoms with Crippen LogP contribution in [0, 0.1) is 0 Å². The molecule has 20 heteroatoms. The van der Waals surface area contributed by atoms with Crippen LogP contribution in [-0.4, -0.2) is 153 Å². The first-order valence-electron chi connectivity index (χ1n) is 22.9. The Hall–Kier alpha value is -5.18. The minimum absolute atomic E-state index is 0.00964. The Labute approximate surface area is 395 Å². The van der Waals surface area contributed by atoms with Crippen LogP contribution in [0.2, 0.25) is 6.32 Å². The molecule has 0 aromatic heterocycles. The van der Waals surface area contributed by atoms with E-state index in [1.165, 1.54) is 9.80 Å². The Balaban J connectivity index is 0.00000242. The van der Waals surface area contributed by atoms with Gasteiger partial charge >= 0.3 is 49.3 Å². The van der Waals surface area contributed by atoms with Crippen LogP contribution in [0.25, 0.3) is 0 Å². The van der Waals surface area contributed by atoms with Crippen LogP contribution < -0.4 is 10.6 Å². The van der Waals surface area contributed by atoms with Gasteiger partial charge in [-0.1, -0.05) is 84.9 Å². The van der Waals surface area contributed by atoms with Crippen molar-refractivity contribution in [2.45, 2.75) is 102 Å². The third-order valence-corrected chi connectivity index (χ3v) is 11.9. The summed E-state index contributed by atoms with van der Waals surface area (Å²) in [7, 11) is 4.08. The van der Waals surface area contributed by atoms with Gasteiger partial charge in [-0.2, -0.15) is 26.3 Å². The molecule has 68 heavy (non-hydrogen) atoms. The molecule has 0 radical (unpaired) electrons. The van der Waals surface area contributed by atoms with Crippen molar-refractivity contribution < 1.29 is 59.7 Å². The van der Waals surface area contributed by atoms with Gasteiger partial charge in [0.1, 0.15) is 12.1 Å². The van der Waals surface area contributed by atoms with Crippen molar-refractivity contribution in [1.29, 1.82) is 0 Å². The maximum atomic E-state index is 13.6. The molecule has 13 nitrogen and oxygen atoms in total. The summed E-state index contributed by atoms with van der Waals surface area (Å²) in [6, 6.07) is 22.5. The molecule has 2 heterocycles. The third-order valence-electron chi connectivity index (χ3n) is 11.9. The molecule has 372 valence electrons. The van der Waals surface area contributed by atoms with Gasteiger partial charge in [0.25, 0.3) is 0 Å². The Kier molecular flexibility index (Phi) is 22.6. The maximum absolute atomic E-state index is 13.6. The van der Waals surface area contributed by atoms with Gasteiger partial charge in [-0.05, 0) is 74.9 Å². The zero-order valence-electron chi connectivity index (χ0n) is 38.9. The predicted molar refractivity (Wildman–Crippen MR) is 243 cm³/mol. The Morgan fingerprint density at radius 3 is 1.29 bits per heavy atom. The minimum atomic E-state index is -5.04. The van der Waals surface area contributed by atoms with E-state index in [4.69, 9.17) is 9.47 Å². The SMILES string of the molecule is CCB=O.CN[C@@H](COCc1ccc(COC[C@H](NC)C(=O)N2CCC[C@H]2CN(CCc2ccccc2)C(=O)C(F)(F)F)cc1)C(=O)N1CCC[C@H]1CN(CCc1ccccc1)C(=O)C(F)(F)F. The van der Waals surface area contributed by atoms with E-state index in [1.54, 1.807) is 74.8 Å². The molecule has 2 N–H and O–H groups in total. The van der Waals surface area contributed by atoms with E-state index in [9.17, 15) is 50.2 Å². The second kappa shape index (κ2) is 27.7. The smallest absolute Gasteiger partial charge is 0.375 e. The van der Waals surface area contributed by atoms with Crippen LogP contribution >= 0.6 is 0 Å². The van der Waals surface area contributed by atoms with Gasteiger partial charge in [0.15, 0.2) is 0 Å². The molecular weight excluding hydrogens is 897 g/mol. The minimum Gasteiger partial charge on any atom is -0.375 e. The molecule has 0 unspecified atom stereocenters. The van der Waals surface area contributed by atoms with Gasteiger partial charge in [-0.3, -0.25) is 19.2 Å². The second-order valence-corrected chi connectivity index (χ2v) is 16.7. The number of likely N-dealkylation sites (N-methyl/N-ethyl adjacent to an activating group) is 2. The van der Waals surface area contributed by atoms with Crippen LogP contribution in [-0.2, 0) is 59.4 Å². The molecule has 2 aliphatic rings. The number of nitrogens with zero attached hydrogens (tertiary/aromatic N) is 4. The van der Waals surface area contributed by atoms with Crippen molar-refractivity contribution in [1.82, 2.24) is 30.2 Å². The van der Waals surface area contributed by atoms with Crippen LogP contribution in [0.15, 0.2) is 84.9 Å². The quantitative estimate of drug-likeness (QED) is 0.0917. The predicted octanol–water partition coefficient (Wildman–Crippen LogP) is 5.62. The fourth-order valence-corrected chi connectivity index (χ4v) is 8.15. The maximum Gasteiger partial charge on any atom is 0.471 e. The molecule has 5 rings (SSSR count). The number of hydrogen-bond donors (Lipinski definition) is 2. The van der Waals surface area contributed by atoms with Crippen molar-refractivity contribution in [2.75, 3.05) is 66.6 Å². The first kappa shape index (κ1) is 55.4. The van der Waals surface area contributed by atoms with E-state index >= 15 is 0 Å². The zero-order valence-corrected chi connectivity index (χ0v) is 38.9. The number of rotatable bonds is 23. The van der Waals surface area contributed by atoms with Gasteiger partial charge in [-0.25, -0.2) is 0 Å².